The third-order valence-electron chi connectivity index (χ3n) is 2.67. The molecular formula is C13H8ClN3O. The number of nitrogens with zero attached hydrogens (tertiary/aromatic N) is 2. The second-order valence-corrected chi connectivity index (χ2v) is 4.15. The highest BCUT2D eigenvalue weighted by Gasteiger charge is 2.12. The van der Waals surface area contributed by atoms with Gasteiger partial charge in [0.2, 0.25) is 0 Å². The Hall–Kier alpha value is -2.20. The van der Waals surface area contributed by atoms with Gasteiger partial charge in [0, 0.05) is 11.8 Å². The first-order valence-corrected chi connectivity index (χ1v) is 5.72. The molecule has 5 heteroatoms. The van der Waals surface area contributed by atoms with Gasteiger partial charge in [0.1, 0.15) is 11.0 Å². The maximum Gasteiger partial charge on any atom is 0.161 e. The topological polar surface area (TPSA) is 58.6 Å². The van der Waals surface area contributed by atoms with Crippen LogP contribution in [0.4, 0.5) is 0 Å². The summed E-state index contributed by atoms with van der Waals surface area (Å²) in [5.41, 5.74) is 2.47. The van der Waals surface area contributed by atoms with E-state index in [0.29, 0.717) is 27.6 Å². The monoisotopic (exact) mass is 257 g/mol. The highest BCUT2D eigenvalue weighted by atomic mass is 35.5. The molecule has 88 valence electrons. The first-order valence-electron chi connectivity index (χ1n) is 5.35. The molecule has 0 spiro atoms. The summed E-state index contributed by atoms with van der Waals surface area (Å²) in [5.74, 6) is 0.510. The van der Waals surface area contributed by atoms with Crippen LogP contribution >= 0.6 is 11.6 Å². The maximum atomic E-state index is 10.9. The zero-order valence-corrected chi connectivity index (χ0v) is 9.98. The quantitative estimate of drug-likeness (QED) is 0.567. The predicted molar refractivity (Wildman–Crippen MR) is 69.7 cm³/mol. The van der Waals surface area contributed by atoms with Gasteiger partial charge < -0.3 is 4.98 Å². The minimum atomic E-state index is 0.312. The Balaban J connectivity index is 2.29. The van der Waals surface area contributed by atoms with Crippen LogP contribution in [0.1, 0.15) is 10.4 Å². The molecule has 2 aromatic heterocycles. The zero-order valence-electron chi connectivity index (χ0n) is 9.22. The number of hydrogen-bond donors (Lipinski definition) is 1. The van der Waals surface area contributed by atoms with Crippen LogP contribution in [0.15, 0.2) is 36.5 Å². The number of fused-ring (bicyclic) bond motifs is 1. The lowest BCUT2D eigenvalue weighted by atomic mass is 10.2. The zero-order chi connectivity index (χ0) is 12.5. The molecule has 0 atom stereocenters. The van der Waals surface area contributed by atoms with E-state index in [0.717, 1.165) is 11.8 Å². The summed E-state index contributed by atoms with van der Waals surface area (Å²) in [6.45, 7) is 0. The molecule has 18 heavy (non-hydrogen) atoms. The van der Waals surface area contributed by atoms with Crippen molar-refractivity contribution in [1.29, 1.82) is 0 Å². The van der Waals surface area contributed by atoms with Gasteiger partial charge in [-0.25, -0.2) is 9.97 Å². The molecule has 0 fully saturated rings. The maximum absolute atomic E-state index is 10.9. The summed E-state index contributed by atoms with van der Waals surface area (Å²) in [4.78, 5) is 22.4. The van der Waals surface area contributed by atoms with Gasteiger partial charge >= 0.3 is 0 Å². The van der Waals surface area contributed by atoms with E-state index in [1.165, 1.54) is 0 Å². The smallest absolute Gasteiger partial charge is 0.161 e. The predicted octanol–water partition coefficient (Wildman–Crippen LogP) is 3.09. The number of nitrogens with one attached hydrogen (secondary N) is 1. The van der Waals surface area contributed by atoms with Gasteiger partial charge in [0.15, 0.2) is 17.3 Å². The summed E-state index contributed by atoms with van der Waals surface area (Å²) in [6.07, 6.45) is 2.32. The van der Waals surface area contributed by atoms with Crippen LogP contribution in [-0.2, 0) is 0 Å². The molecule has 0 aliphatic rings. The first kappa shape index (κ1) is 10.9. The van der Waals surface area contributed by atoms with Crippen LogP contribution in [-0.4, -0.2) is 21.2 Å². The fraction of sp³-hybridized carbons (Fsp3) is 0. The van der Waals surface area contributed by atoms with E-state index >= 15 is 0 Å². The summed E-state index contributed by atoms with van der Waals surface area (Å²) >= 11 is 6.08. The van der Waals surface area contributed by atoms with Gasteiger partial charge in [-0.2, -0.15) is 0 Å². The van der Waals surface area contributed by atoms with Crippen LogP contribution in [0.5, 0.6) is 0 Å². The van der Waals surface area contributed by atoms with E-state index in [2.05, 4.69) is 15.0 Å². The van der Waals surface area contributed by atoms with Gasteiger partial charge in [-0.05, 0) is 0 Å². The van der Waals surface area contributed by atoms with Crippen molar-refractivity contribution in [3.8, 4) is 11.4 Å². The number of H-pyrrole nitrogens is 1. The second kappa shape index (κ2) is 4.23. The highest BCUT2D eigenvalue weighted by molar-refractivity contribution is 6.34. The highest BCUT2D eigenvalue weighted by Crippen LogP contribution is 2.25. The Kier molecular flexibility index (Phi) is 2.57. The van der Waals surface area contributed by atoms with Gasteiger partial charge in [0.25, 0.3) is 0 Å². The minimum Gasteiger partial charge on any atom is -0.357 e. The van der Waals surface area contributed by atoms with Crippen LogP contribution in [0.25, 0.3) is 22.4 Å². The number of halogens is 1. The molecule has 0 saturated carbocycles. The normalized spacial score (nSPS) is 10.7. The Labute approximate surface area is 108 Å². The summed E-state index contributed by atoms with van der Waals surface area (Å²) in [6, 6.07) is 9.50. The van der Waals surface area contributed by atoms with Gasteiger partial charge in [-0.15, -0.1) is 0 Å². The molecule has 0 radical (unpaired) electrons. The van der Waals surface area contributed by atoms with E-state index in [4.69, 9.17) is 11.6 Å². The molecule has 0 aliphatic carbocycles. The number of aromatic amines is 1. The lowest BCUT2D eigenvalue weighted by Crippen LogP contribution is -1.91. The molecule has 3 aromatic rings. The molecule has 4 nitrogen and oxygen atoms in total. The average molecular weight is 258 g/mol. The molecular weight excluding hydrogens is 250 g/mol. The third-order valence-corrected chi connectivity index (χ3v) is 2.94. The molecule has 0 amide bonds. The Morgan fingerprint density at radius 1 is 1.17 bits per heavy atom. The summed E-state index contributed by atoms with van der Waals surface area (Å²) < 4.78 is 0. The van der Waals surface area contributed by atoms with Crippen molar-refractivity contribution in [2.24, 2.45) is 0 Å². The van der Waals surface area contributed by atoms with Crippen molar-refractivity contribution in [3.05, 3.63) is 47.2 Å². The first-order chi connectivity index (χ1) is 8.79. The number of carbonyl (C=O) groups excluding carboxylic acids is 1. The van der Waals surface area contributed by atoms with E-state index in [1.54, 1.807) is 6.20 Å². The fourth-order valence-corrected chi connectivity index (χ4v) is 2.02. The van der Waals surface area contributed by atoms with Crippen LogP contribution in [0.2, 0.25) is 5.15 Å². The van der Waals surface area contributed by atoms with Crippen molar-refractivity contribution < 1.29 is 4.79 Å². The average Bonchev–Trinajstić information content (AvgIpc) is 2.83. The van der Waals surface area contributed by atoms with Crippen molar-refractivity contribution in [2.75, 3.05) is 0 Å². The van der Waals surface area contributed by atoms with Crippen molar-refractivity contribution in [1.82, 2.24) is 15.0 Å². The summed E-state index contributed by atoms with van der Waals surface area (Å²) in [5, 5.41) is 0.312. The molecule has 0 unspecified atom stereocenters. The van der Waals surface area contributed by atoms with Crippen LogP contribution in [0, 0.1) is 0 Å². The Morgan fingerprint density at radius 2 is 1.94 bits per heavy atom. The van der Waals surface area contributed by atoms with Gasteiger partial charge in [-0.3, -0.25) is 4.79 Å². The van der Waals surface area contributed by atoms with E-state index in [9.17, 15) is 4.79 Å². The van der Waals surface area contributed by atoms with E-state index < -0.39 is 0 Å². The number of aldehydes is 1. The van der Waals surface area contributed by atoms with Crippen molar-refractivity contribution in [3.63, 3.8) is 0 Å². The molecule has 3 rings (SSSR count). The fourth-order valence-electron chi connectivity index (χ4n) is 1.79. The van der Waals surface area contributed by atoms with E-state index in [1.807, 2.05) is 30.3 Å². The molecule has 0 aliphatic heterocycles. The lowest BCUT2D eigenvalue weighted by Gasteiger charge is -2.01. The summed E-state index contributed by atoms with van der Waals surface area (Å²) in [7, 11) is 0. The van der Waals surface area contributed by atoms with Gasteiger partial charge in [-0.1, -0.05) is 41.9 Å². The number of benzene rings is 1. The second-order valence-electron chi connectivity index (χ2n) is 3.79. The molecule has 0 saturated heterocycles. The standard InChI is InChI=1S/C13H8ClN3O/c14-12-11-10(9(7-18)6-15-11)16-13(17-12)8-4-2-1-3-5-8/h1-7,15H. The van der Waals surface area contributed by atoms with E-state index in [-0.39, 0.29) is 0 Å². The van der Waals surface area contributed by atoms with Crippen LogP contribution in [0.3, 0.4) is 0 Å². The largest absolute Gasteiger partial charge is 0.357 e. The SMILES string of the molecule is O=Cc1c[nH]c2c(Cl)nc(-c3ccccc3)nc12. The molecule has 1 N–H and O–H groups in total. The lowest BCUT2D eigenvalue weighted by molar-refractivity contribution is 0.112. The van der Waals surface area contributed by atoms with Crippen molar-refractivity contribution >= 4 is 28.9 Å². The third kappa shape index (κ3) is 1.67. The number of hydrogen-bond acceptors (Lipinski definition) is 3. The molecule has 1 aromatic carbocycles. The van der Waals surface area contributed by atoms with Gasteiger partial charge in [0.05, 0.1) is 5.56 Å². The Bertz CT molecular complexity index is 722. The Morgan fingerprint density at radius 3 is 2.67 bits per heavy atom. The molecule has 0 bridgehead atoms. The number of carbonyl (C=O) groups is 1. The molecule has 2 heterocycles. The van der Waals surface area contributed by atoms with Crippen LogP contribution < -0.4 is 0 Å². The minimum absolute atomic E-state index is 0.312. The number of aromatic nitrogens is 3. The van der Waals surface area contributed by atoms with Crippen molar-refractivity contribution in [2.45, 2.75) is 0 Å². The number of rotatable bonds is 2.